The predicted octanol–water partition coefficient (Wildman–Crippen LogP) is 5.09. The normalized spacial score (nSPS) is 17.0. The fourth-order valence-corrected chi connectivity index (χ4v) is 6.44. The van der Waals surface area contributed by atoms with Crippen LogP contribution in [0.4, 0.5) is 5.69 Å². The van der Waals surface area contributed by atoms with E-state index >= 15 is 0 Å². The van der Waals surface area contributed by atoms with E-state index in [1.54, 1.807) is 18.2 Å². The van der Waals surface area contributed by atoms with E-state index in [1.807, 2.05) is 59.2 Å². The van der Waals surface area contributed by atoms with Crippen LogP contribution in [-0.4, -0.2) is 63.6 Å². The maximum Gasteiger partial charge on any atom is 0.326 e. The first-order valence-corrected chi connectivity index (χ1v) is 16.1. The molecule has 0 radical (unpaired) electrons. The number of rotatable bonds is 13. The number of anilines is 1. The zero-order valence-corrected chi connectivity index (χ0v) is 26.7. The standard InChI is InChI=1S/C37H40N4O6/c1-23-7-3-12-33(24(23)2)47-16-6-13-34(43)41-22-27-18-30(27)35-29(10-5-11-32(35)41)28-19-38-40(21-28)20-25-8-4-9-26(17-25)36(44)39-31(14-15-42)37(45)46/h3-5,7-12,17,19,21,27,30-31,42H,6,13-16,18,20,22H2,1-2H3,(H,39,44)(H,45,46)/t27-,30-,31?/m0/s1. The lowest BCUT2D eigenvalue weighted by Crippen LogP contribution is -2.41. The molecule has 4 aromatic rings. The van der Waals surface area contributed by atoms with Crippen molar-refractivity contribution in [1.29, 1.82) is 0 Å². The molecule has 0 saturated heterocycles. The quantitative estimate of drug-likeness (QED) is 0.174. The first-order chi connectivity index (χ1) is 22.7. The van der Waals surface area contributed by atoms with Crippen LogP contribution in [-0.2, 0) is 16.1 Å². The number of benzene rings is 3. The molecule has 1 aliphatic carbocycles. The van der Waals surface area contributed by atoms with E-state index in [0.29, 0.717) is 43.4 Å². The lowest BCUT2D eigenvalue weighted by atomic mass is 9.92. The van der Waals surface area contributed by atoms with Crippen molar-refractivity contribution in [3.8, 4) is 16.9 Å². The van der Waals surface area contributed by atoms with Gasteiger partial charge < -0.3 is 25.2 Å². The number of carboxylic acids is 1. The zero-order valence-electron chi connectivity index (χ0n) is 26.7. The number of amides is 2. The third kappa shape index (κ3) is 7.07. The highest BCUT2D eigenvalue weighted by Crippen LogP contribution is 2.57. The van der Waals surface area contributed by atoms with Gasteiger partial charge in [0.05, 0.1) is 19.3 Å². The Hall–Kier alpha value is -4.96. The minimum Gasteiger partial charge on any atom is -0.493 e. The molecule has 1 unspecified atom stereocenters. The van der Waals surface area contributed by atoms with Gasteiger partial charge in [0.15, 0.2) is 0 Å². The minimum absolute atomic E-state index is 0.0727. The van der Waals surface area contributed by atoms with E-state index in [-0.39, 0.29) is 18.9 Å². The van der Waals surface area contributed by atoms with Gasteiger partial charge in [0, 0.05) is 49.0 Å². The van der Waals surface area contributed by atoms with Crippen molar-refractivity contribution in [3.05, 3.63) is 101 Å². The Morgan fingerprint density at radius 3 is 2.70 bits per heavy atom. The number of aromatic nitrogens is 2. The number of carbonyl (C=O) groups is 3. The number of hydrogen-bond donors (Lipinski definition) is 3. The number of carbonyl (C=O) groups excluding carboxylic acids is 2. The Morgan fingerprint density at radius 2 is 1.89 bits per heavy atom. The van der Waals surface area contributed by atoms with Gasteiger partial charge in [-0.15, -0.1) is 0 Å². The molecular formula is C37H40N4O6. The van der Waals surface area contributed by atoms with Crippen LogP contribution in [0.15, 0.2) is 73.1 Å². The lowest BCUT2D eigenvalue weighted by molar-refractivity contribution is -0.139. The summed E-state index contributed by atoms with van der Waals surface area (Å²) in [6.07, 6.45) is 5.86. The van der Waals surface area contributed by atoms with Crippen molar-refractivity contribution in [2.24, 2.45) is 5.92 Å². The van der Waals surface area contributed by atoms with Crippen LogP contribution in [0.3, 0.4) is 0 Å². The molecule has 6 rings (SSSR count). The molecule has 2 heterocycles. The van der Waals surface area contributed by atoms with Crippen molar-refractivity contribution >= 4 is 23.5 Å². The Morgan fingerprint density at radius 1 is 1.09 bits per heavy atom. The smallest absolute Gasteiger partial charge is 0.326 e. The van der Waals surface area contributed by atoms with Crippen molar-refractivity contribution < 1.29 is 29.3 Å². The van der Waals surface area contributed by atoms with Gasteiger partial charge in [-0.2, -0.15) is 5.10 Å². The Balaban J connectivity index is 1.13. The van der Waals surface area contributed by atoms with Crippen molar-refractivity contribution in [2.75, 3.05) is 24.7 Å². The van der Waals surface area contributed by atoms with Crippen LogP contribution in [0, 0.1) is 19.8 Å². The lowest BCUT2D eigenvalue weighted by Gasteiger charge is -2.30. The predicted molar refractivity (Wildman–Crippen MR) is 178 cm³/mol. The summed E-state index contributed by atoms with van der Waals surface area (Å²) >= 11 is 0. The van der Waals surface area contributed by atoms with Gasteiger partial charge in [-0.1, -0.05) is 36.4 Å². The number of nitrogens with one attached hydrogen (secondary N) is 1. The van der Waals surface area contributed by atoms with E-state index in [0.717, 1.165) is 46.7 Å². The number of aliphatic hydroxyl groups excluding tert-OH is 1. The molecule has 244 valence electrons. The van der Waals surface area contributed by atoms with E-state index in [4.69, 9.17) is 9.84 Å². The van der Waals surface area contributed by atoms with Gasteiger partial charge in [-0.3, -0.25) is 14.3 Å². The molecule has 3 atom stereocenters. The molecule has 47 heavy (non-hydrogen) atoms. The molecule has 10 heteroatoms. The Kier molecular flexibility index (Phi) is 9.40. The zero-order chi connectivity index (χ0) is 33.1. The Labute approximate surface area is 274 Å². The number of aliphatic hydroxyl groups is 1. The van der Waals surface area contributed by atoms with Gasteiger partial charge >= 0.3 is 5.97 Å². The summed E-state index contributed by atoms with van der Waals surface area (Å²) < 4.78 is 7.81. The number of fused-ring (bicyclic) bond motifs is 3. The number of ether oxygens (including phenoxy) is 1. The molecule has 2 aliphatic rings. The largest absolute Gasteiger partial charge is 0.493 e. The monoisotopic (exact) mass is 636 g/mol. The van der Waals surface area contributed by atoms with Crippen LogP contribution in [0.5, 0.6) is 5.75 Å². The molecule has 1 saturated carbocycles. The number of aliphatic carboxylic acids is 1. The summed E-state index contributed by atoms with van der Waals surface area (Å²) in [6.45, 7) is 5.42. The summed E-state index contributed by atoms with van der Waals surface area (Å²) in [5.41, 5.74) is 7.70. The van der Waals surface area contributed by atoms with Crippen molar-refractivity contribution in [3.63, 3.8) is 0 Å². The molecule has 1 aromatic heterocycles. The van der Waals surface area contributed by atoms with E-state index in [1.165, 1.54) is 11.1 Å². The van der Waals surface area contributed by atoms with E-state index < -0.39 is 17.9 Å². The average molecular weight is 637 g/mol. The molecule has 0 bridgehead atoms. The summed E-state index contributed by atoms with van der Waals surface area (Å²) in [6, 6.07) is 18.0. The van der Waals surface area contributed by atoms with Gasteiger partial charge in [-0.05, 0) is 90.6 Å². The maximum atomic E-state index is 13.5. The van der Waals surface area contributed by atoms with Gasteiger partial charge in [0.2, 0.25) is 5.91 Å². The summed E-state index contributed by atoms with van der Waals surface area (Å²) in [7, 11) is 0. The highest BCUT2D eigenvalue weighted by molar-refractivity contribution is 5.97. The van der Waals surface area contributed by atoms with Crippen molar-refractivity contribution in [1.82, 2.24) is 15.1 Å². The fraction of sp³-hybridized carbons (Fsp3) is 0.351. The first-order valence-electron chi connectivity index (χ1n) is 16.1. The summed E-state index contributed by atoms with van der Waals surface area (Å²) in [5.74, 6) is 0.158. The van der Waals surface area contributed by atoms with Crippen LogP contribution in [0.2, 0.25) is 0 Å². The highest BCUT2D eigenvalue weighted by atomic mass is 16.5. The maximum absolute atomic E-state index is 13.5. The van der Waals surface area contributed by atoms with Crippen LogP contribution >= 0.6 is 0 Å². The second kappa shape index (κ2) is 13.8. The second-order valence-electron chi connectivity index (χ2n) is 12.5. The SMILES string of the molecule is Cc1cccc(OCCCC(=O)N2C[C@@H]3C[C@@H]3c3c(-c4cnn(Cc5cccc(C(=O)NC(CCO)C(=O)O)c5)c4)cccc32)c1C. The van der Waals surface area contributed by atoms with Crippen LogP contribution in [0.1, 0.15) is 64.2 Å². The molecule has 3 N–H and O–H groups in total. The van der Waals surface area contributed by atoms with E-state index in [9.17, 15) is 19.5 Å². The van der Waals surface area contributed by atoms with Gasteiger partial charge in [-0.25, -0.2) is 4.79 Å². The first kappa shape index (κ1) is 32.0. The molecule has 10 nitrogen and oxygen atoms in total. The molecule has 3 aromatic carbocycles. The van der Waals surface area contributed by atoms with Gasteiger partial charge in [0.25, 0.3) is 5.91 Å². The summed E-state index contributed by atoms with van der Waals surface area (Å²) in [5, 5.41) is 25.5. The van der Waals surface area contributed by atoms with E-state index in [2.05, 4.69) is 29.5 Å². The molecule has 2 amide bonds. The molecular weight excluding hydrogens is 596 g/mol. The fourth-order valence-electron chi connectivity index (χ4n) is 6.44. The number of hydrogen-bond acceptors (Lipinski definition) is 6. The third-order valence-corrected chi connectivity index (χ3v) is 9.23. The van der Waals surface area contributed by atoms with Crippen LogP contribution < -0.4 is 15.0 Å². The van der Waals surface area contributed by atoms with Crippen molar-refractivity contribution in [2.45, 2.75) is 58.0 Å². The second-order valence-corrected chi connectivity index (χ2v) is 12.5. The van der Waals surface area contributed by atoms with Gasteiger partial charge in [0.1, 0.15) is 11.8 Å². The molecule has 1 fully saturated rings. The summed E-state index contributed by atoms with van der Waals surface area (Å²) in [4.78, 5) is 39.6. The average Bonchev–Trinajstić information content (AvgIpc) is 3.72. The molecule has 1 aliphatic heterocycles. The topological polar surface area (TPSA) is 134 Å². The molecule has 0 spiro atoms. The number of nitrogens with zero attached hydrogens (tertiary/aromatic N) is 3. The minimum atomic E-state index is -1.20. The number of aryl methyl sites for hydroxylation is 1. The highest BCUT2D eigenvalue weighted by Gasteiger charge is 2.47. The Bertz CT molecular complexity index is 1800. The number of carboxylic acid groups (broad SMARTS) is 1. The van der Waals surface area contributed by atoms with Crippen LogP contribution in [0.25, 0.3) is 11.1 Å². The third-order valence-electron chi connectivity index (χ3n) is 9.23.